The van der Waals surface area contributed by atoms with Crippen molar-refractivity contribution >= 4 is 29.4 Å². The Bertz CT molecular complexity index is 1220. The standard InChI is InChI=1S/C31H33N3O2/c1-2-33-30(35)29(36-31(33)32-25-13-7-5-8-14-25)23-24-19-21-28(22-20-24)34(27-17-11-6-12-18-27)26-15-9-3-4-10-16-26/h3-4,6,9-12,15,17-23,25H,2,5,7-8,13-14,16H2,1H3/b29-23+,32-31+. The molecule has 0 spiro atoms. The van der Waals surface area contributed by atoms with Crippen LogP contribution in [-0.2, 0) is 9.53 Å². The highest BCUT2D eigenvalue weighted by molar-refractivity contribution is 6.11. The van der Waals surface area contributed by atoms with E-state index in [-0.39, 0.29) is 11.9 Å². The molecule has 1 aliphatic heterocycles. The van der Waals surface area contributed by atoms with E-state index in [4.69, 9.17) is 9.73 Å². The minimum Gasteiger partial charge on any atom is -0.420 e. The first kappa shape index (κ1) is 23.9. The molecule has 2 aliphatic carbocycles. The van der Waals surface area contributed by atoms with Gasteiger partial charge < -0.3 is 9.64 Å². The monoisotopic (exact) mass is 479 g/mol. The Balaban J connectivity index is 1.40. The van der Waals surface area contributed by atoms with Gasteiger partial charge in [0.1, 0.15) is 0 Å². The van der Waals surface area contributed by atoms with Crippen molar-refractivity contribution in [1.29, 1.82) is 0 Å². The van der Waals surface area contributed by atoms with Gasteiger partial charge in [-0.15, -0.1) is 0 Å². The number of nitrogens with zero attached hydrogens (tertiary/aromatic N) is 3. The third kappa shape index (κ3) is 5.35. The van der Waals surface area contributed by atoms with Crippen LogP contribution in [-0.4, -0.2) is 29.4 Å². The van der Waals surface area contributed by atoms with Gasteiger partial charge in [-0.2, -0.15) is 0 Å². The van der Waals surface area contributed by atoms with Gasteiger partial charge in [0.25, 0.3) is 5.91 Å². The minimum absolute atomic E-state index is 0.121. The number of aliphatic imine (C=N–C) groups is 1. The summed E-state index contributed by atoms with van der Waals surface area (Å²) in [7, 11) is 0. The molecule has 0 atom stereocenters. The van der Waals surface area contributed by atoms with E-state index >= 15 is 0 Å². The first-order chi connectivity index (χ1) is 17.7. The van der Waals surface area contributed by atoms with Crippen LogP contribution in [0.4, 0.5) is 11.4 Å². The molecule has 3 aliphatic rings. The molecule has 2 fully saturated rings. The zero-order chi connectivity index (χ0) is 24.7. The summed E-state index contributed by atoms with van der Waals surface area (Å²) in [4.78, 5) is 21.7. The molecule has 5 heteroatoms. The van der Waals surface area contributed by atoms with Crippen molar-refractivity contribution in [2.45, 2.75) is 51.5 Å². The first-order valence-corrected chi connectivity index (χ1v) is 13.0. The van der Waals surface area contributed by atoms with E-state index in [0.29, 0.717) is 18.3 Å². The molecular formula is C31H33N3O2. The third-order valence-electron chi connectivity index (χ3n) is 6.80. The molecule has 1 saturated heterocycles. The molecule has 0 aromatic heterocycles. The number of amides is 1. The second-order valence-corrected chi connectivity index (χ2v) is 9.30. The molecule has 36 heavy (non-hydrogen) atoms. The molecule has 184 valence electrons. The molecule has 2 aromatic rings. The number of hydrogen-bond acceptors (Lipinski definition) is 4. The van der Waals surface area contributed by atoms with Crippen LogP contribution in [0.15, 0.2) is 101 Å². The Morgan fingerprint density at radius 2 is 1.72 bits per heavy atom. The zero-order valence-electron chi connectivity index (χ0n) is 20.8. The largest absolute Gasteiger partial charge is 0.420 e. The van der Waals surface area contributed by atoms with Gasteiger partial charge in [-0.1, -0.05) is 73.9 Å². The Morgan fingerprint density at radius 3 is 2.47 bits per heavy atom. The zero-order valence-corrected chi connectivity index (χ0v) is 20.8. The number of ether oxygens (including phenoxy) is 1. The number of allylic oxidation sites excluding steroid dienone is 5. The molecule has 1 saturated carbocycles. The summed E-state index contributed by atoms with van der Waals surface area (Å²) in [6.45, 7) is 2.50. The lowest BCUT2D eigenvalue weighted by Crippen LogP contribution is -2.30. The van der Waals surface area contributed by atoms with E-state index in [2.05, 4.69) is 71.7 Å². The predicted octanol–water partition coefficient (Wildman–Crippen LogP) is 7.13. The van der Waals surface area contributed by atoms with Gasteiger partial charge in [-0.3, -0.25) is 9.69 Å². The average Bonchev–Trinajstić information content (AvgIpc) is 3.06. The van der Waals surface area contributed by atoms with Gasteiger partial charge in [-0.25, -0.2) is 4.99 Å². The Hall–Kier alpha value is -3.86. The minimum atomic E-state index is -0.121. The average molecular weight is 480 g/mol. The van der Waals surface area contributed by atoms with Gasteiger partial charge in [0, 0.05) is 30.0 Å². The van der Waals surface area contributed by atoms with E-state index in [1.54, 1.807) is 4.90 Å². The normalized spacial score (nSPS) is 20.5. The molecule has 1 amide bonds. The number of para-hydroxylation sites is 1. The van der Waals surface area contributed by atoms with E-state index < -0.39 is 0 Å². The Morgan fingerprint density at radius 1 is 0.972 bits per heavy atom. The van der Waals surface area contributed by atoms with Crippen molar-refractivity contribution < 1.29 is 9.53 Å². The summed E-state index contributed by atoms with van der Waals surface area (Å²) >= 11 is 0. The van der Waals surface area contributed by atoms with E-state index in [0.717, 1.165) is 36.2 Å². The SMILES string of the molecule is CCN1C(=O)/C(=C\c2ccc(N(C3=CC=CC=CC3)c3ccccc3)cc2)O/C1=N/C1CCCCC1. The third-order valence-corrected chi connectivity index (χ3v) is 6.80. The molecule has 0 bridgehead atoms. The smallest absolute Gasteiger partial charge is 0.300 e. The molecule has 2 aromatic carbocycles. The number of carbonyl (C=O) groups excluding carboxylic acids is 1. The molecule has 5 nitrogen and oxygen atoms in total. The topological polar surface area (TPSA) is 45.1 Å². The van der Waals surface area contributed by atoms with Gasteiger partial charge >= 0.3 is 6.02 Å². The molecule has 5 rings (SSSR count). The maximum absolute atomic E-state index is 13.0. The van der Waals surface area contributed by atoms with Crippen LogP contribution >= 0.6 is 0 Å². The fourth-order valence-electron chi connectivity index (χ4n) is 4.91. The number of amidine groups is 1. The van der Waals surface area contributed by atoms with Gasteiger partial charge in [-0.05, 0) is 61.7 Å². The summed E-state index contributed by atoms with van der Waals surface area (Å²) in [6.07, 6.45) is 19.0. The quantitative estimate of drug-likeness (QED) is 0.414. The van der Waals surface area contributed by atoms with Crippen LogP contribution in [0.1, 0.15) is 51.0 Å². The highest BCUT2D eigenvalue weighted by Crippen LogP contribution is 2.33. The van der Waals surface area contributed by atoms with Crippen molar-refractivity contribution in [3.63, 3.8) is 0 Å². The lowest BCUT2D eigenvalue weighted by molar-refractivity contribution is -0.122. The summed E-state index contributed by atoms with van der Waals surface area (Å²) in [6, 6.07) is 19.3. The molecule has 0 radical (unpaired) electrons. The van der Waals surface area contributed by atoms with Crippen LogP contribution in [0.2, 0.25) is 0 Å². The number of likely N-dealkylation sites (N-methyl/N-ethyl adjacent to an activating group) is 1. The van der Waals surface area contributed by atoms with E-state index in [9.17, 15) is 4.79 Å². The fraction of sp³-hybridized carbons (Fsp3) is 0.290. The predicted molar refractivity (Wildman–Crippen MR) is 147 cm³/mol. The van der Waals surface area contributed by atoms with Crippen molar-refractivity contribution in [3.05, 3.63) is 102 Å². The molecular weight excluding hydrogens is 446 g/mol. The first-order valence-electron chi connectivity index (χ1n) is 13.0. The van der Waals surface area contributed by atoms with Crippen molar-refractivity contribution in [3.8, 4) is 0 Å². The van der Waals surface area contributed by atoms with E-state index in [1.165, 1.54) is 25.0 Å². The van der Waals surface area contributed by atoms with E-state index in [1.807, 2.05) is 31.2 Å². The highest BCUT2D eigenvalue weighted by Gasteiger charge is 2.34. The lowest BCUT2D eigenvalue weighted by atomic mass is 9.96. The van der Waals surface area contributed by atoms with Gasteiger partial charge in [0.05, 0.1) is 6.04 Å². The summed E-state index contributed by atoms with van der Waals surface area (Å²) in [5, 5.41) is 0. The highest BCUT2D eigenvalue weighted by atomic mass is 16.5. The Labute approximate surface area is 213 Å². The van der Waals surface area contributed by atoms with Gasteiger partial charge in [0.15, 0.2) is 5.76 Å². The summed E-state index contributed by atoms with van der Waals surface area (Å²) in [5.41, 5.74) is 4.27. The molecule has 0 N–H and O–H groups in total. The van der Waals surface area contributed by atoms with Crippen LogP contribution in [0.5, 0.6) is 0 Å². The van der Waals surface area contributed by atoms with Crippen LogP contribution in [0.25, 0.3) is 6.08 Å². The molecule has 0 unspecified atom stereocenters. The van der Waals surface area contributed by atoms with Crippen LogP contribution in [0, 0.1) is 0 Å². The van der Waals surface area contributed by atoms with Gasteiger partial charge in [0.2, 0.25) is 0 Å². The lowest BCUT2D eigenvalue weighted by Gasteiger charge is -2.27. The summed E-state index contributed by atoms with van der Waals surface area (Å²) in [5.74, 6) is 0.213. The molecule has 1 heterocycles. The number of rotatable bonds is 6. The second-order valence-electron chi connectivity index (χ2n) is 9.30. The summed E-state index contributed by atoms with van der Waals surface area (Å²) < 4.78 is 5.99. The number of anilines is 2. The number of carbonyl (C=O) groups is 1. The Kier molecular flexibility index (Phi) is 7.46. The second kappa shape index (κ2) is 11.3. The van der Waals surface area contributed by atoms with Crippen LogP contribution in [0.3, 0.4) is 0 Å². The van der Waals surface area contributed by atoms with Crippen LogP contribution < -0.4 is 4.90 Å². The van der Waals surface area contributed by atoms with Crippen molar-refractivity contribution in [2.24, 2.45) is 4.99 Å². The maximum Gasteiger partial charge on any atom is 0.300 e. The fourth-order valence-corrected chi connectivity index (χ4v) is 4.91. The number of benzene rings is 2. The maximum atomic E-state index is 13.0. The number of hydrogen-bond donors (Lipinski definition) is 0. The van der Waals surface area contributed by atoms with Crippen molar-refractivity contribution in [2.75, 3.05) is 11.4 Å². The van der Waals surface area contributed by atoms with Crippen molar-refractivity contribution in [1.82, 2.24) is 4.90 Å².